The van der Waals surface area contributed by atoms with Crippen LogP contribution in [0.4, 0.5) is 5.69 Å². The molecule has 1 atom stereocenters. The Kier molecular flexibility index (Phi) is 4.19. The molecule has 0 amide bonds. The summed E-state index contributed by atoms with van der Waals surface area (Å²) in [6, 6.07) is 5.32. The van der Waals surface area contributed by atoms with E-state index < -0.39 is 10.8 Å². The molecular formula is C12H14BrN3OS. The summed E-state index contributed by atoms with van der Waals surface area (Å²) in [6.07, 6.45) is 3.68. The van der Waals surface area contributed by atoms with Crippen LogP contribution >= 0.6 is 15.9 Å². The van der Waals surface area contributed by atoms with Crippen LogP contribution in [0.15, 0.2) is 40.0 Å². The van der Waals surface area contributed by atoms with Crippen molar-refractivity contribution in [3.63, 3.8) is 0 Å². The highest BCUT2D eigenvalue weighted by atomic mass is 79.9. The zero-order valence-corrected chi connectivity index (χ0v) is 12.4. The summed E-state index contributed by atoms with van der Waals surface area (Å²) in [6.45, 7) is 2.84. The van der Waals surface area contributed by atoms with Crippen molar-refractivity contribution in [2.75, 3.05) is 5.73 Å². The standard InChI is InChI=1S/C12H14BrN3OS/c1-2-16-7-9(6-15-16)8-18(17)12-4-3-10(14)5-11(12)13/h3-7H,2,8,14H2,1H3. The minimum atomic E-state index is -1.10. The number of halogens is 1. The number of nitrogens with zero attached hydrogens (tertiary/aromatic N) is 2. The number of benzene rings is 1. The van der Waals surface area contributed by atoms with Crippen LogP contribution in [0.3, 0.4) is 0 Å². The monoisotopic (exact) mass is 327 g/mol. The third-order valence-electron chi connectivity index (χ3n) is 2.51. The Morgan fingerprint density at radius 2 is 2.28 bits per heavy atom. The molecule has 0 aliphatic heterocycles. The summed E-state index contributed by atoms with van der Waals surface area (Å²) in [5, 5.41) is 4.17. The maximum Gasteiger partial charge on any atom is 0.0586 e. The van der Waals surface area contributed by atoms with E-state index in [1.54, 1.807) is 24.4 Å². The molecule has 6 heteroatoms. The number of hydrogen-bond donors (Lipinski definition) is 1. The third-order valence-corrected chi connectivity index (χ3v) is 4.87. The number of nitrogen functional groups attached to an aromatic ring is 1. The third kappa shape index (κ3) is 3.00. The largest absolute Gasteiger partial charge is 0.399 e. The van der Waals surface area contributed by atoms with Gasteiger partial charge in [0.1, 0.15) is 0 Å². The minimum absolute atomic E-state index is 0.461. The zero-order chi connectivity index (χ0) is 13.1. The Labute approximate surface area is 117 Å². The van der Waals surface area contributed by atoms with Crippen LogP contribution in [0.25, 0.3) is 0 Å². The predicted molar refractivity (Wildman–Crippen MR) is 76.6 cm³/mol. The van der Waals surface area contributed by atoms with Gasteiger partial charge in [-0.3, -0.25) is 8.89 Å². The van der Waals surface area contributed by atoms with Crippen molar-refractivity contribution in [2.24, 2.45) is 0 Å². The van der Waals surface area contributed by atoms with E-state index in [9.17, 15) is 4.21 Å². The van der Waals surface area contributed by atoms with Crippen molar-refractivity contribution in [2.45, 2.75) is 24.1 Å². The Balaban J connectivity index is 2.16. The molecule has 1 aromatic carbocycles. The van der Waals surface area contributed by atoms with E-state index in [-0.39, 0.29) is 0 Å². The highest BCUT2D eigenvalue weighted by molar-refractivity contribution is 9.10. The van der Waals surface area contributed by atoms with E-state index in [2.05, 4.69) is 21.0 Å². The van der Waals surface area contributed by atoms with Gasteiger partial charge in [0, 0.05) is 28.5 Å². The van der Waals surface area contributed by atoms with E-state index in [0.717, 1.165) is 21.5 Å². The second kappa shape index (κ2) is 5.67. The minimum Gasteiger partial charge on any atom is -0.399 e. The van der Waals surface area contributed by atoms with E-state index in [1.807, 2.05) is 17.8 Å². The summed E-state index contributed by atoms with van der Waals surface area (Å²) < 4.78 is 14.9. The van der Waals surface area contributed by atoms with Gasteiger partial charge in [0.15, 0.2) is 0 Å². The number of nitrogens with two attached hydrogens (primary N) is 1. The molecule has 2 rings (SSSR count). The molecule has 0 spiro atoms. The predicted octanol–water partition coefficient (Wildman–Crippen LogP) is 2.56. The van der Waals surface area contributed by atoms with Crippen molar-refractivity contribution < 1.29 is 4.21 Å². The van der Waals surface area contributed by atoms with Gasteiger partial charge in [0.25, 0.3) is 0 Å². The van der Waals surface area contributed by atoms with Crippen molar-refractivity contribution in [3.8, 4) is 0 Å². The molecule has 1 unspecified atom stereocenters. The first kappa shape index (κ1) is 13.3. The van der Waals surface area contributed by atoms with Crippen molar-refractivity contribution in [1.82, 2.24) is 9.78 Å². The van der Waals surface area contributed by atoms with Crippen LogP contribution < -0.4 is 5.73 Å². The first-order valence-corrected chi connectivity index (χ1v) is 7.66. The second-order valence-electron chi connectivity index (χ2n) is 3.88. The summed E-state index contributed by atoms with van der Waals surface area (Å²) in [7, 11) is -1.10. The van der Waals surface area contributed by atoms with Gasteiger partial charge in [0.2, 0.25) is 0 Å². The van der Waals surface area contributed by atoms with E-state index in [4.69, 9.17) is 5.73 Å². The van der Waals surface area contributed by atoms with E-state index in [0.29, 0.717) is 11.4 Å². The quantitative estimate of drug-likeness (QED) is 0.878. The van der Waals surface area contributed by atoms with Crippen molar-refractivity contribution in [3.05, 3.63) is 40.6 Å². The van der Waals surface area contributed by atoms with Crippen LogP contribution in [0.5, 0.6) is 0 Å². The lowest BCUT2D eigenvalue weighted by Crippen LogP contribution is -1.98. The molecule has 2 N–H and O–H groups in total. The van der Waals surface area contributed by atoms with Gasteiger partial charge in [-0.1, -0.05) is 0 Å². The molecule has 1 aromatic heterocycles. The zero-order valence-electron chi connectivity index (χ0n) is 9.97. The summed E-state index contributed by atoms with van der Waals surface area (Å²) in [5.74, 6) is 0.461. The summed E-state index contributed by atoms with van der Waals surface area (Å²) in [4.78, 5) is 0.758. The number of aromatic nitrogens is 2. The fourth-order valence-corrected chi connectivity index (χ4v) is 3.63. The topological polar surface area (TPSA) is 60.9 Å². The van der Waals surface area contributed by atoms with Gasteiger partial charge in [-0.2, -0.15) is 5.10 Å². The van der Waals surface area contributed by atoms with Crippen molar-refractivity contribution in [1.29, 1.82) is 0 Å². The highest BCUT2D eigenvalue weighted by Crippen LogP contribution is 2.24. The first-order valence-electron chi connectivity index (χ1n) is 5.55. The summed E-state index contributed by atoms with van der Waals surface area (Å²) in [5.41, 5.74) is 7.28. The molecule has 4 nitrogen and oxygen atoms in total. The molecule has 0 bridgehead atoms. The Morgan fingerprint density at radius 3 is 2.89 bits per heavy atom. The van der Waals surface area contributed by atoms with Gasteiger partial charge in [0.05, 0.1) is 27.6 Å². The molecule has 0 saturated heterocycles. The van der Waals surface area contributed by atoms with Crippen LogP contribution in [0.2, 0.25) is 0 Å². The Morgan fingerprint density at radius 1 is 1.50 bits per heavy atom. The number of anilines is 1. The fourth-order valence-electron chi connectivity index (χ4n) is 1.58. The van der Waals surface area contributed by atoms with Gasteiger partial charge < -0.3 is 5.73 Å². The fraction of sp³-hybridized carbons (Fsp3) is 0.250. The summed E-state index contributed by atoms with van der Waals surface area (Å²) >= 11 is 3.39. The van der Waals surface area contributed by atoms with E-state index >= 15 is 0 Å². The van der Waals surface area contributed by atoms with Gasteiger partial charge in [-0.15, -0.1) is 0 Å². The van der Waals surface area contributed by atoms with Crippen molar-refractivity contribution >= 4 is 32.4 Å². The maximum atomic E-state index is 12.2. The van der Waals surface area contributed by atoms with Gasteiger partial charge in [-0.25, -0.2) is 0 Å². The number of rotatable bonds is 4. The van der Waals surface area contributed by atoms with Gasteiger partial charge >= 0.3 is 0 Å². The Bertz CT molecular complexity index is 582. The molecule has 0 radical (unpaired) electrons. The van der Waals surface area contributed by atoms with Gasteiger partial charge in [-0.05, 0) is 41.1 Å². The molecular weight excluding hydrogens is 314 g/mol. The molecule has 18 heavy (non-hydrogen) atoms. The molecule has 0 aliphatic carbocycles. The molecule has 2 aromatic rings. The Hall–Kier alpha value is -1.14. The molecule has 0 aliphatic rings. The average Bonchev–Trinajstić information content (AvgIpc) is 2.76. The molecule has 0 saturated carbocycles. The van der Waals surface area contributed by atoms with Crippen LogP contribution in [-0.2, 0) is 23.1 Å². The average molecular weight is 328 g/mol. The second-order valence-corrected chi connectivity index (χ2v) is 6.16. The lowest BCUT2D eigenvalue weighted by Gasteiger charge is -2.04. The maximum absolute atomic E-state index is 12.2. The molecule has 0 fully saturated rings. The smallest absolute Gasteiger partial charge is 0.0586 e. The van der Waals surface area contributed by atoms with Crippen LogP contribution in [-0.4, -0.2) is 14.0 Å². The normalized spacial score (nSPS) is 12.6. The van der Waals surface area contributed by atoms with E-state index in [1.165, 1.54) is 0 Å². The molecule has 96 valence electrons. The van der Waals surface area contributed by atoms with Crippen LogP contribution in [0, 0.1) is 0 Å². The lowest BCUT2D eigenvalue weighted by molar-refractivity contribution is 0.659. The SMILES string of the molecule is CCn1cc(CS(=O)c2ccc(N)cc2Br)cn1. The van der Waals surface area contributed by atoms with Crippen LogP contribution in [0.1, 0.15) is 12.5 Å². The lowest BCUT2D eigenvalue weighted by atomic mass is 10.3. The molecule has 1 heterocycles. The first-order chi connectivity index (χ1) is 8.60. The highest BCUT2D eigenvalue weighted by Gasteiger charge is 2.10. The number of aryl methyl sites for hydroxylation is 1. The number of hydrogen-bond acceptors (Lipinski definition) is 3.